The molecule has 0 heterocycles. The summed E-state index contributed by atoms with van der Waals surface area (Å²) in [6, 6.07) is 0. The van der Waals surface area contributed by atoms with Crippen LogP contribution in [0.1, 0.15) is 32.1 Å². The molecule has 0 radical (unpaired) electrons. The van der Waals surface area contributed by atoms with Crippen molar-refractivity contribution in [2.45, 2.75) is 37.8 Å². The maximum Gasteiger partial charge on any atom is -0.0113 e. The number of rotatable bonds is 1. The average Bonchev–Trinajstić information content (AvgIpc) is 1.90. The highest BCUT2D eigenvalue weighted by Gasteiger charge is 2.16. The van der Waals surface area contributed by atoms with Gasteiger partial charge in [0.15, 0.2) is 0 Å². The normalized spacial score (nSPS) is 26.0. The zero-order chi connectivity index (χ0) is 6.69. The molecule has 0 aliphatic heterocycles. The third-order valence-electron chi connectivity index (χ3n) is 2.08. The fraction of sp³-hybridized carbons (Fsp3) is 1.00. The van der Waals surface area contributed by atoms with Gasteiger partial charge >= 0.3 is 0 Å². The predicted molar refractivity (Wildman–Crippen MR) is 48.6 cm³/mol. The van der Waals surface area contributed by atoms with Gasteiger partial charge in [0.25, 0.3) is 0 Å². The minimum Gasteiger partial charge on any atom is -0.0605 e. The Bertz CT molecular complexity index is 77.0. The molecule has 1 atom stereocenters. The topological polar surface area (TPSA) is 0 Å². The van der Waals surface area contributed by atoms with E-state index in [-0.39, 0.29) is 6.62 Å². The Morgan fingerprint density at radius 3 is 2.11 bits per heavy atom. The van der Waals surface area contributed by atoms with Gasteiger partial charge in [-0.3, -0.25) is 0 Å². The highest BCUT2D eigenvalue weighted by Crippen LogP contribution is 2.50. The molecular formula is C7H14BrP. The first-order valence-corrected chi connectivity index (χ1v) is 7.57. The van der Waals surface area contributed by atoms with Crippen LogP contribution in [-0.4, -0.2) is 12.3 Å². The maximum absolute atomic E-state index is 3.70. The van der Waals surface area contributed by atoms with E-state index >= 15 is 0 Å². The highest BCUT2D eigenvalue weighted by atomic mass is 79.9. The molecular weight excluding hydrogens is 195 g/mol. The van der Waals surface area contributed by atoms with Crippen molar-refractivity contribution < 1.29 is 0 Å². The second-order valence-corrected chi connectivity index (χ2v) is 7.95. The van der Waals surface area contributed by atoms with Crippen molar-refractivity contribution in [2.75, 3.05) is 6.66 Å². The molecule has 54 valence electrons. The Labute approximate surface area is 66.9 Å². The van der Waals surface area contributed by atoms with Crippen LogP contribution in [-0.2, 0) is 0 Å². The van der Waals surface area contributed by atoms with Crippen molar-refractivity contribution in [1.29, 1.82) is 0 Å². The summed E-state index contributed by atoms with van der Waals surface area (Å²) in [5.41, 5.74) is 1.04. The largest absolute Gasteiger partial charge is 0.0605 e. The van der Waals surface area contributed by atoms with Crippen LogP contribution >= 0.6 is 22.1 Å². The fourth-order valence-electron chi connectivity index (χ4n) is 1.44. The third kappa shape index (κ3) is 2.55. The second-order valence-electron chi connectivity index (χ2n) is 2.82. The summed E-state index contributed by atoms with van der Waals surface area (Å²) in [6.07, 6.45) is 7.39. The number of halogens is 1. The molecule has 0 aromatic carbocycles. The highest BCUT2D eigenvalue weighted by molar-refractivity contribution is 9.39. The van der Waals surface area contributed by atoms with E-state index in [0.29, 0.717) is 0 Å². The Morgan fingerprint density at radius 2 is 1.78 bits per heavy atom. The number of hydrogen-bond acceptors (Lipinski definition) is 0. The minimum atomic E-state index is 0.194. The standard InChI is InChI=1S/C7H14BrP/c1-9(8)7-5-3-2-4-6-7/h7H,2-6H2,1H3. The van der Waals surface area contributed by atoms with Crippen molar-refractivity contribution in [2.24, 2.45) is 0 Å². The lowest BCUT2D eigenvalue weighted by Crippen LogP contribution is -2.07. The second kappa shape index (κ2) is 3.93. The van der Waals surface area contributed by atoms with Gasteiger partial charge in [-0.05, 0) is 31.8 Å². The third-order valence-corrected chi connectivity index (χ3v) is 5.34. The van der Waals surface area contributed by atoms with E-state index in [1.807, 2.05) is 0 Å². The molecule has 0 N–H and O–H groups in total. The summed E-state index contributed by atoms with van der Waals surface area (Å²) < 4.78 is 0. The molecule has 0 saturated heterocycles. The summed E-state index contributed by atoms with van der Waals surface area (Å²) in [5, 5.41) is 0. The molecule has 0 aromatic rings. The molecule has 1 unspecified atom stereocenters. The quantitative estimate of drug-likeness (QED) is 0.577. The number of hydrogen-bond donors (Lipinski definition) is 0. The van der Waals surface area contributed by atoms with Crippen LogP contribution in [0.2, 0.25) is 0 Å². The summed E-state index contributed by atoms with van der Waals surface area (Å²) in [7, 11) is 0. The van der Waals surface area contributed by atoms with Gasteiger partial charge in [-0.25, -0.2) is 0 Å². The van der Waals surface area contributed by atoms with Gasteiger partial charge in [0.1, 0.15) is 0 Å². The zero-order valence-electron chi connectivity index (χ0n) is 5.94. The van der Waals surface area contributed by atoms with E-state index in [9.17, 15) is 0 Å². The Morgan fingerprint density at radius 1 is 1.22 bits per heavy atom. The van der Waals surface area contributed by atoms with Crippen molar-refractivity contribution in [1.82, 2.24) is 0 Å². The molecule has 1 aliphatic carbocycles. The molecule has 1 fully saturated rings. The lowest BCUT2D eigenvalue weighted by Gasteiger charge is -2.23. The molecule has 0 bridgehead atoms. The summed E-state index contributed by atoms with van der Waals surface area (Å²) >= 11 is 3.70. The van der Waals surface area contributed by atoms with Gasteiger partial charge in [-0.2, -0.15) is 0 Å². The Kier molecular flexibility index (Phi) is 3.50. The first-order chi connectivity index (χ1) is 4.30. The van der Waals surface area contributed by atoms with E-state index in [1.54, 1.807) is 0 Å². The molecule has 0 spiro atoms. The lowest BCUT2D eigenvalue weighted by atomic mass is 10.0. The first-order valence-electron chi connectivity index (χ1n) is 3.69. The molecule has 2 heteroatoms. The molecule has 0 nitrogen and oxygen atoms in total. The maximum atomic E-state index is 3.70. The van der Waals surface area contributed by atoms with Gasteiger partial charge in [-0.15, -0.1) is 0 Å². The minimum absolute atomic E-state index is 0.194. The summed E-state index contributed by atoms with van der Waals surface area (Å²) in [5.74, 6) is 0. The molecule has 9 heavy (non-hydrogen) atoms. The van der Waals surface area contributed by atoms with Crippen LogP contribution in [0, 0.1) is 0 Å². The van der Waals surface area contributed by atoms with Crippen molar-refractivity contribution in [3.05, 3.63) is 0 Å². The van der Waals surface area contributed by atoms with E-state index in [1.165, 1.54) is 32.1 Å². The smallest absolute Gasteiger partial charge is 0.0113 e. The Hall–Kier alpha value is 0.910. The van der Waals surface area contributed by atoms with E-state index in [0.717, 1.165) is 5.66 Å². The van der Waals surface area contributed by atoms with Crippen LogP contribution < -0.4 is 0 Å². The molecule has 0 aromatic heterocycles. The lowest BCUT2D eigenvalue weighted by molar-refractivity contribution is 0.513. The Balaban J connectivity index is 2.23. The summed E-state index contributed by atoms with van der Waals surface area (Å²) in [6.45, 7) is 2.53. The van der Waals surface area contributed by atoms with Crippen LogP contribution in [0.4, 0.5) is 0 Å². The van der Waals surface area contributed by atoms with Crippen molar-refractivity contribution in [3.8, 4) is 0 Å². The van der Waals surface area contributed by atoms with E-state index in [4.69, 9.17) is 0 Å². The monoisotopic (exact) mass is 208 g/mol. The molecule has 1 rings (SSSR count). The van der Waals surface area contributed by atoms with Crippen LogP contribution in [0.5, 0.6) is 0 Å². The van der Waals surface area contributed by atoms with E-state index < -0.39 is 0 Å². The van der Waals surface area contributed by atoms with Gasteiger partial charge in [-0.1, -0.05) is 34.8 Å². The van der Waals surface area contributed by atoms with Crippen LogP contribution in [0.15, 0.2) is 0 Å². The van der Waals surface area contributed by atoms with Crippen molar-refractivity contribution in [3.63, 3.8) is 0 Å². The summed E-state index contributed by atoms with van der Waals surface area (Å²) in [4.78, 5) is 0. The van der Waals surface area contributed by atoms with Crippen LogP contribution in [0.3, 0.4) is 0 Å². The SMILES string of the molecule is CP(Br)C1CCCCC1. The van der Waals surface area contributed by atoms with Gasteiger partial charge in [0.05, 0.1) is 0 Å². The average molecular weight is 209 g/mol. The first kappa shape index (κ1) is 8.01. The zero-order valence-corrected chi connectivity index (χ0v) is 8.42. The van der Waals surface area contributed by atoms with Gasteiger partial charge in [0, 0.05) is 0 Å². The van der Waals surface area contributed by atoms with E-state index in [2.05, 4.69) is 22.2 Å². The predicted octanol–water partition coefficient (Wildman–Crippen LogP) is 3.74. The fourth-order valence-corrected chi connectivity index (χ4v) is 3.74. The van der Waals surface area contributed by atoms with Gasteiger partial charge < -0.3 is 0 Å². The molecule has 0 amide bonds. The van der Waals surface area contributed by atoms with Crippen molar-refractivity contribution >= 4 is 22.1 Å². The van der Waals surface area contributed by atoms with Gasteiger partial charge in [0.2, 0.25) is 0 Å². The van der Waals surface area contributed by atoms with Crippen LogP contribution in [0.25, 0.3) is 0 Å². The molecule has 1 aliphatic rings. The molecule has 1 saturated carbocycles.